The number of hydrogen-bond donors (Lipinski definition) is 0. The summed E-state index contributed by atoms with van der Waals surface area (Å²) in [5.41, 5.74) is 8.07. The Kier molecular flexibility index (Phi) is 7.96. The number of aromatic nitrogens is 3. The predicted octanol–water partition coefficient (Wildman–Crippen LogP) is 11.2. The van der Waals surface area contributed by atoms with E-state index in [1.165, 1.54) is 21.2 Å². The molecule has 0 radical (unpaired) electrons. The van der Waals surface area contributed by atoms with Gasteiger partial charge in [0.25, 0.3) is 0 Å². The predicted molar refractivity (Wildman–Crippen MR) is 198 cm³/mol. The second-order valence-corrected chi connectivity index (χ2v) is 13.8. The molecule has 48 heavy (non-hydrogen) atoms. The summed E-state index contributed by atoms with van der Waals surface area (Å²) in [6.45, 7) is 0. The highest BCUT2D eigenvalue weighted by molar-refractivity contribution is 8.00. The highest BCUT2D eigenvalue weighted by atomic mass is 32.2. The molecule has 0 spiro atoms. The fourth-order valence-electron chi connectivity index (χ4n) is 6.62. The number of fused-ring (bicyclic) bond motifs is 1. The van der Waals surface area contributed by atoms with Crippen molar-refractivity contribution in [2.75, 3.05) is 6.26 Å². The van der Waals surface area contributed by atoms with Crippen molar-refractivity contribution in [2.45, 2.75) is 9.75 Å². The summed E-state index contributed by atoms with van der Waals surface area (Å²) in [5, 5.41) is 6.51. The average Bonchev–Trinajstić information content (AvgIpc) is 3.82. The molecule has 6 heteroatoms. The second kappa shape index (κ2) is 12.7. The highest BCUT2D eigenvalue weighted by Gasteiger charge is 2.40. The molecule has 3 heterocycles. The molecule has 8 aromatic rings. The van der Waals surface area contributed by atoms with Gasteiger partial charge in [0.15, 0.2) is 0 Å². The lowest BCUT2D eigenvalue weighted by Crippen LogP contribution is -2.38. The van der Waals surface area contributed by atoms with Crippen molar-refractivity contribution in [3.63, 3.8) is 0 Å². The topological polar surface area (TPSA) is 30.7 Å². The maximum absolute atomic E-state index is 14.3. The minimum atomic E-state index is -0.800. The Bertz CT molecular complexity index is 2230. The van der Waals surface area contributed by atoms with Crippen LogP contribution in [0.4, 0.5) is 4.39 Å². The molecule has 0 atom stereocenters. The number of thiophene rings is 1. The van der Waals surface area contributed by atoms with Crippen molar-refractivity contribution in [3.8, 4) is 32.8 Å². The van der Waals surface area contributed by atoms with Gasteiger partial charge in [0, 0.05) is 39.3 Å². The van der Waals surface area contributed by atoms with Crippen LogP contribution in [-0.4, -0.2) is 21.0 Å². The quantitative estimate of drug-likeness (QED) is 0.120. The Morgan fingerprint density at radius 3 is 1.83 bits per heavy atom. The normalized spacial score (nSPS) is 11.6. The molecule has 3 nitrogen and oxygen atoms in total. The lowest BCUT2D eigenvalue weighted by Gasteiger charge is -2.36. The number of thioether (sulfide) groups is 1. The van der Waals surface area contributed by atoms with Crippen LogP contribution in [0.25, 0.3) is 43.7 Å². The first-order valence-corrected chi connectivity index (χ1v) is 17.8. The molecule has 5 aromatic carbocycles. The van der Waals surface area contributed by atoms with E-state index in [1.54, 1.807) is 23.1 Å². The standard InChI is InChI=1S/C42H30FN3S2/c1-47-40-24-23-39(48-40)35-25-26-44-38-22-19-30(27-36(35)38)37-28-46(45-41(37)29-17-20-34(43)21-18-29)42(31-11-5-2-6-12-31,32-13-7-3-8-14-32)33-15-9-4-10-16-33/h2-28H,1H3. The number of hydrogen-bond acceptors (Lipinski definition) is 4. The molecule has 0 saturated heterocycles. The summed E-state index contributed by atoms with van der Waals surface area (Å²) in [6, 6.07) is 51.1. The van der Waals surface area contributed by atoms with Crippen LogP contribution in [0.1, 0.15) is 16.7 Å². The zero-order valence-corrected chi connectivity index (χ0v) is 27.8. The fraction of sp³-hybridized carbons (Fsp3) is 0.0476. The zero-order chi connectivity index (χ0) is 32.5. The molecule has 0 fully saturated rings. The van der Waals surface area contributed by atoms with Gasteiger partial charge in [-0.15, -0.1) is 23.1 Å². The van der Waals surface area contributed by atoms with E-state index in [-0.39, 0.29) is 5.82 Å². The number of benzene rings is 5. The van der Waals surface area contributed by atoms with E-state index in [1.807, 2.05) is 36.5 Å². The van der Waals surface area contributed by atoms with Crippen molar-refractivity contribution in [2.24, 2.45) is 0 Å². The summed E-state index contributed by atoms with van der Waals surface area (Å²) in [4.78, 5) is 5.92. The number of rotatable bonds is 8. The average molecular weight is 660 g/mol. The Balaban J connectivity index is 1.43. The summed E-state index contributed by atoms with van der Waals surface area (Å²) >= 11 is 3.54. The molecule has 0 aliphatic heterocycles. The van der Waals surface area contributed by atoms with Gasteiger partial charge in [-0.3, -0.25) is 9.67 Å². The van der Waals surface area contributed by atoms with Crippen LogP contribution < -0.4 is 0 Å². The first-order valence-electron chi connectivity index (χ1n) is 15.7. The molecule has 0 amide bonds. The van der Waals surface area contributed by atoms with E-state index >= 15 is 0 Å². The third-order valence-corrected chi connectivity index (χ3v) is 11.1. The molecular formula is C42H30FN3S2. The van der Waals surface area contributed by atoms with Crippen LogP contribution in [0.2, 0.25) is 0 Å². The molecule has 3 aromatic heterocycles. The minimum absolute atomic E-state index is 0.283. The smallest absolute Gasteiger partial charge is 0.138 e. The highest BCUT2D eigenvalue weighted by Crippen LogP contribution is 2.44. The van der Waals surface area contributed by atoms with Gasteiger partial charge in [-0.05, 0) is 83.1 Å². The van der Waals surface area contributed by atoms with Gasteiger partial charge in [-0.1, -0.05) is 97.1 Å². The summed E-state index contributed by atoms with van der Waals surface area (Å²) < 4.78 is 17.6. The van der Waals surface area contributed by atoms with Gasteiger partial charge in [0.2, 0.25) is 0 Å². The van der Waals surface area contributed by atoms with Crippen molar-refractivity contribution in [3.05, 3.63) is 187 Å². The first-order chi connectivity index (χ1) is 23.6. The molecule has 0 N–H and O–H groups in total. The molecule has 232 valence electrons. The van der Waals surface area contributed by atoms with Gasteiger partial charge < -0.3 is 0 Å². The van der Waals surface area contributed by atoms with E-state index in [2.05, 4.69) is 126 Å². The van der Waals surface area contributed by atoms with Crippen molar-refractivity contribution >= 4 is 34.0 Å². The second-order valence-electron chi connectivity index (χ2n) is 11.6. The van der Waals surface area contributed by atoms with Crippen LogP contribution in [0, 0.1) is 5.82 Å². The molecule has 0 aliphatic carbocycles. The summed E-state index contributed by atoms with van der Waals surface area (Å²) in [6.07, 6.45) is 6.14. The van der Waals surface area contributed by atoms with Crippen LogP contribution in [-0.2, 0) is 5.54 Å². The van der Waals surface area contributed by atoms with Crippen LogP contribution in [0.3, 0.4) is 0 Å². The third-order valence-electron chi connectivity index (χ3n) is 8.85. The SMILES string of the molecule is CSc1ccc(-c2ccnc3ccc(-c4cn(C(c5ccccc5)(c5ccccc5)c5ccccc5)nc4-c4ccc(F)cc4)cc23)s1. The Hall–Kier alpha value is -5.30. The third kappa shape index (κ3) is 5.23. The van der Waals surface area contributed by atoms with Crippen LogP contribution in [0.15, 0.2) is 168 Å². The van der Waals surface area contributed by atoms with E-state index in [9.17, 15) is 4.39 Å². The Labute approximate surface area is 287 Å². The summed E-state index contributed by atoms with van der Waals surface area (Å²) in [5.74, 6) is -0.283. The number of halogens is 1. The van der Waals surface area contributed by atoms with E-state index in [4.69, 9.17) is 10.1 Å². The lowest BCUT2D eigenvalue weighted by atomic mass is 9.77. The van der Waals surface area contributed by atoms with Crippen molar-refractivity contribution in [1.82, 2.24) is 14.8 Å². The van der Waals surface area contributed by atoms with Crippen molar-refractivity contribution in [1.29, 1.82) is 0 Å². The zero-order valence-electron chi connectivity index (χ0n) is 26.1. The van der Waals surface area contributed by atoms with E-state index in [0.29, 0.717) is 0 Å². The molecular weight excluding hydrogens is 630 g/mol. The van der Waals surface area contributed by atoms with Crippen LogP contribution >= 0.6 is 23.1 Å². The van der Waals surface area contributed by atoms with Gasteiger partial charge >= 0.3 is 0 Å². The Morgan fingerprint density at radius 1 is 0.646 bits per heavy atom. The maximum atomic E-state index is 14.3. The number of pyridine rings is 1. The monoisotopic (exact) mass is 659 g/mol. The minimum Gasteiger partial charge on any atom is -0.256 e. The lowest BCUT2D eigenvalue weighted by molar-refractivity contribution is 0.461. The molecule has 0 saturated carbocycles. The van der Waals surface area contributed by atoms with Gasteiger partial charge in [0.1, 0.15) is 17.1 Å². The fourth-order valence-corrected chi connectivity index (χ4v) is 8.20. The molecule has 0 bridgehead atoms. The Morgan fingerprint density at radius 2 is 1.25 bits per heavy atom. The summed E-state index contributed by atoms with van der Waals surface area (Å²) in [7, 11) is 0. The van der Waals surface area contributed by atoms with E-state index < -0.39 is 5.54 Å². The molecule has 0 unspecified atom stereocenters. The van der Waals surface area contributed by atoms with Crippen molar-refractivity contribution < 1.29 is 4.39 Å². The van der Waals surface area contributed by atoms with Gasteiger partial charge in [0.05, 0.1) is 9.73 Å². The van der Waals surface area contributed by atoms with Gasteiger partial charge in [-0.25, -0.2) is 4.39 Å². The van der Waals surface area contributed by atoms with Crippen LogP contribution in [0.5, 0.6) is 0 Å². The maximum Gasteiger partial charge on any atom is 0.138 e. The number of nitrogens with zero attached hydrogens (tertiary/aromatic N) is 3. The van der Waals surface area contributed by atoms with E-state index in [0.717, 1.165) is 55.5 Å². The molecule has 0 aliphatic rings. The largest absolute Gasteiger partial charge is 0.256 e. The van der Waals surface area contributed by atoms with Gasteiger partial charge in [-0.2, -0.15) is 5.10 Å². The first kappa shape index (κ1) is 30.1. The molecule has 8 rings (SSSR count).